The molecular weight excluding hydrogens is 266 g/mol. The van der Waals surface area contributed by atoms with E-state index in [0.29, 0.717) is 24.4 Å². The predicted molar refractivity (Wildman–Crippen MR) is 82.4 cm³/mol. The molecule has 1 N–H and O–H groups in total. The van der Waals surface area contributed by atoms with E-state index < -0.39 is 0 Å². The Balaban J connectivity index is 1.99. The molecule has 2 rings (SSSR count). The third-order valence-electron chi connectivity index (χ3n) is 3.00. The van der Waals surface area contributed by atoms with E-state index in [9.17, 15) is 0 Å². The van der Waals surface area contributed by atoms with E-state index in [1.165, 1.54) is 0 Å². The zero-order valence-corrected chi connectivity index (χ0v) is 12.9. The van der Waals surface area contributed by atoms with Crippen LogP contribution < -0.4 is 10.1 Å². The molecule has 0 aliphatic rings. The van der Waals surface area contributed by atoms with Crippen LogP contribution in [-0.2, 0) is 6.42 Å². The van der Waals surface area contributed by atoms with Gasteiger partial charge in [0.05, 0.1) is 12.2 Å². The average Bonchev–Trinajstić information content (AvgIpc) is 2.93. The van der Waals surface area contributed by atoms with Gasteiger partial charge in [-0.3, -0.25) is 0 Å². The van der Waals surface area contributed by atoms with Crippen molar-refractivity contribution in [3.05, 3.63) is 30.2 Å². The van der Waals surface area contributed by atoms with Crippen molar-refractivity contribution in [1.82, 2.24) is 15.5 Å². The minimum Gasteiger partial charge on any atom is -0.493 e. The van der Waals surface area contributed by atoms with Crippen molar-refractivity contribution >= 4 is 0 Å². The highest BCUT2D eigenvalue weighted by Gasteiger charge is 2.13. The van der Waals surface area contributed by atoms with Gasteiger partial charge >= 0.3 is 0 Å². The van der Waals surface area contributed by atoms with Crippen LogP contribution in [0, 0.1) is 0 Å². The van der Waals surface area contributed by atoms with Crippen LogP contribution >= 0.6 is 0 Å². The highest BCUT2D eigenvalue weighted by Crippen LogP contribution is 2.28. The van der Waals surface area contributed by atoms with Gasteiger partial charge in [-0.25, -0.2) is 0 Å². The predicted octanol–water partition coefficient (Wildman–Crippen LogP) is 3.07. The van der Waals surface area contributed by atoms with E-state index in [4.69, 9.17) is 9.15 Å². The molecule has 0 spiro atoms. The van der Waals surface area contributed by atoms with Crippen LogP contribution in [0.4, 0.5) is 0 Å². The fourth-order valence-corrected chi connectivity index (χ4v) is 2.02. The fourth-order valence-electron chi connectivity index (χ4n) is 2.02. The molecule has 114 valence electrons. The third-order valence-corrected chi connectivity index (χ3v) is 3.00. The van der Waals surface area contributed by atoms with E-state index in [-0.39, 0.29) is 0 Å². The van der Waals surface area contributed by atoms with Crippen molar-refractivity contribution in [2.75, 3.05) is 13.2 Å². The van der Waals surface area contributed by atoms with Gasteiger partial charge in [0.2, 0.25) is 5.89 Å². The first kappa shape index (κ1) is 15.5. The van der Waals surface area contributed by atoms with Crippen LogP contribution in [-0.4, -0.2) is 29.4 Å². The molecule has 0 bridgehead atoms. The lowest BCUT2D eigenvalue weighted by Crippen LogP contribution is -2.23. The molecule has 0 aliphatic heterocycles. The Hall–Kier alpha value is -1.88. The summed E-state index contributed by atoms with van der Waals surface area (Å²) in [6.45, 7) is 7.78. The van der Waals surface area contributed by atoms with Gasteiger partial charge in [0.15, 0.2) is 0 Å². The molecule has 0 aliphatic carbocycles. The van der Waals surface area contributed by atoms with Gasteiger partial charge in [-0.05, 0) is 32.0 Å². The standard InChI is InChI=1S/C16H23N3O2/c1-4-20-14-9-6-5-8-13(14)16-19-18-15(21-16)10-7-11-17-12(2)3/h5-6,8-9,12,17H,4,7,10-11H2,1-3H3. The summed E-state index contributed by atoms with van der Waals surface area (Å²) in [5.74, 6) is 1.96. The zero-order chi connectivity index (χ0) is 15.1. The van der Waals surface area contributed by atoms with Gasteiger partial charge in [0.1, 0.15) is 5.75 Å². The second-order valence-electron chi connectivity index (χ2n) is 5.14. The van der Waals surface area contributed by atoms with Crippen LogP contribution in [0.25, 0.3) is 11.5 Å². The minimum absolute atomic E-state index is 0.501. The van der Waals surface area contributed by atoms with E-state index in [2.05, 4.69) is 29.4 Å². The summed E-state index contributed by atoms with van der Waals surface area (Å²) in [7, 11) is 0. The molecule has 21 heavy (non-hydrogen) atoms. The van der Waals surface area contributed by atoms with Crippen molar-refractivity contribution in [3.8, 4) is 17.2 Å². The van der Waals surface area contributed by atoms with Crippen molar-refractivity contribution < 1.29 is 9.15 Å². The molecule has 1 heterocycles. The molecule has 1 aromatic carbocycles. The summed E-state index contributed by atoms with van der Waals surface area (Å²) in [4.78, 5) is 0. The van der Waals surface area contributed by atoms with Crippen molar-refractivity contribution in [3.63, 3.8) is 0 Å². The minimum atomic E-state index is 0.501. The van der Waals surface area contributed by atoms with E-state index in [1.807, 2.05) is 31.2 Å². The average molecular weight is 289 g/mol. The Morgan fingerprint density at radius 2 is 2.05 bits per heavy atom. The molecule has 0 atom stereocenters. The monoisotopic (exact) mass is 289 g/mol. The molecule has 0 amide bonds. The van der Waals surface area contributed by atoms with Gasteiger partial charge in [-0.1, -0.05) is 26.0 Å². The van der Waals surface area contributed by atoms with Crippen molar-refractivity contribution in [1.29, 1.82) is 0 Å². The Labute approximate surface area is 125 Å². The van der Waals surface area contributed by atoms with Gasteiger partial charge in [0.25, 0.3) is 5.89 Å². The van der Waals surface area contributed by atoms with Crippen molar-refractivity contribution in [2.24, 2.45) is 0 Å². The number of nitrogens with one attached hydrogen (secondary N) is 1. The Bertz CT molecular complexity index is 552. The molecule has 0 fully saturated rings. The maximum Gasteiger partial charge on any atom is 0.251 e. The topological polar surface area (TPSA) is 60.2 Å². The van der Waals surface area contributed by atoms with E-state index >= 15 is 0 Å². The van der Waals surface area contributed by atoms with Crippen LogP contribution in [0.1, 0.15) is 33.1 Å². The maximum atomic E-state index is 5.73. The second-order valence-corrected chi connectivity index (χ2v) is 5.14. The third kappa shape index (κ3) is 4.56. The van der Waals surface area contributed by atoms with Crippen molar-refractivity contribution in [2.45, 2.75) is 39.7 Å². The molecule has 0 radical (unpaired) electrons. The van der Waals surface area contributed by atoms with Gasteiger partial charge in [-0.2, -0.15) is 0 Å². The Morgan fingerprint density at radius 3 is 2.81 bits per heavy atom. The first-order valence-corrected chi connectivity index (χ1v) is 7.48. The number of para-hydroxylation sites is 1. The van der Waals surface area contributed by atoms with Crippen LogP contribution in [0.5, 0.6) is 5.75 Å². The first-order chi connectivity index (χ1) is 10.2. The summed E-state index contributed by atoms with van der Waals surface area (Å²) >= 11 is 0. The number of rotatable bonds is 8. The Kier molecular flexibility index (Phi) is 5.75. The lowest BCUT2D eigenvalue weighted by molar-refractivity contribution is 0.340. The maximum absolute atomic E-state index is 5.73. The van der Waals surface area contributed by atoms with Crippen LogP contribution in [0.3, 0.4) is 0 Å². The summed E-state index contributed by atoms with van der Waals surface area (Å²) in [6, 6.07) is 8.22. The normalized spacial score (nSPS) is 11.0. The molecule has 0 saturated heterocycles. The lowest BCUT2D eigenvalue weighted by Gasteiger charge is -2.06. The molecule has 0 saturated carbocycles. The quantitative estimate of drug-likeness (QED) is 0.757. The summed E-state index contributed by atoms with van der Waals surface area (Å²) in [5, 5.41) is 11.6. The molecule has 0 unspecified atom stereocenters. The highest BCUT2D eigenvalue weighted by atomic mass is 16.5. The molecule has 5 heteroatoms. The van der Waals surface area contributed by atoms with Crippen LogP contribution in [0.15, 0.2) is 28.7 Å². The molecular formula is C16H23N3O2. The number of hydrogen-bond acceptors (Lipinski definition) is 5. The van der Waals surface area contributed by atoms with E-state index in [1.54, 1.807) is 0 Å². The van der Waals surface area contributed by atoms with Gasteiger partial charge in [-0.15, -0.1) is 10.2 Å². The zero-order valence-electron chi connectivity index (χ0n) is 12.9. The second kappa shape index (κ2) is 7.78. The number of aromatic nitrogens is 2. The molecule has 1 aromatic heterocycles. The number of aryl methyl sites for hydroxylation is 1. The number of benzene rings is 1. The van der Waals surface area contributed by atoms with E-state index in [0.717, 1.165) is 30.7 Å². The highest BCUT2D eigenvalue weighted by molar-refractivity contribution is 5.62. The number of nitrogens with zero attached hydrogens (tertiary/aromatic N) is 2. The fraction of sp³-hybridized carbons (Fsp3) is 0.500. The SMILES string of the molecule is CCOc1ccccc1-c1nnc(CCCNC(C)C)o1. The largest absolute Gasteiger partial charge is 0.493 e. The smallest absolute Gasteiger partial charge is 0.251 e. The van der Waals surface area contributed by atoms with Gasteiger partial charge in [0, 0.05) is 12.5 Å². The Morgan fingerprint density at radius 1 is 1.24 bits per heavy atom. The molecule has 2 aromatic rings. The van der Waals surface area contributed by atoms with Gasteiger partial charge < -0.3 is 14.5 Å². The summed E-state index contributed by atoms with van der Waals surface area (Å²) in [6.07, 6.45) is 1.76. The lowest BCUT2D eigenvalue weighted by atomic mass is 10.2. The van der Waals surface area contributed by atoms with Crippen LogP contribution in [0.2, 0.25) is 0 Å². The number of hydrogen-bond donors (Lipinski definition) is 1. The summed E-state index contributed by atoms with van der Waals surface area (Å²) in [5.41, 5.74) is 0.846. The summed E-state index contributed by atoms with van der Waals surface area (Å²) < 4.78 is 11.3. The molecule has 5 nitrogen and oxygen atoms in total. The number of ether oxygens (including phenoxy) is 1. The first-order valence-electron chi connectivity index (χ1n) is 7.48.